The van der Waals surface area contributed by atoms with Gasteiger partial charge in [0, 0.05) is 24.8 Å². The van der Waals surface area contributed by atoms with Gasteiger partial charge in [0.05, 0.1) is 35.3 Å². The van der Waals surface area contributed by atoms with Crippen molar-refractivity contribution in [3.05, 3.63) is 85.3 Å². The number of rotatable bonds is 5. The van der Waals surface area contributed by atoms with Gasteiger partial charge in [0.1, 0.15) is 10.5 Å². The maximum Gasteiger partial charge on any atom is 0.338 e. The highest BCUT2D eigenvalue weighted by Crippen LogP contribution is 2.37. The van der Waals surface area contributed by atoms with Crippen LogP contribution < -0.4 is 20.5 Å². The molecule has 0 fully saturated rings. The summed E-state index contributed by atoms with van der Waals surface area (Å²) in [7, 11) is 1.21. The largest absolute Gasteiger partial charge is 0.466 e. The molecule has 3 aromatic rings. The lowest BCUT2D eigenvalue weighted by Gasteiger charge is -2.26. The predicted molar refractivity (Wildman–Crippen MR) is 122 cm³/mol. The van der Waals surface area contributed by atoms with Crippen LogP contribution in [-0.2, 0) is 19.1 Å². The first-order valence-electron chi connectivity index (χ1n) is 10.0. The van der Waals surface area contributed by atoms with E-state index >= 15 is 0 Å². The number of fused-ring (bicyclic) bond motifs is 1. The van der Waals surface area contributed by atoms with Crippen LogP contribution in [0.2, 0.25) is 0 Å². The molecule has 0 saturated carbocycles. The average molecular weight is 465 g/mol. The summed E-state index contributed by atoms with van der Waals surface area (Å²) >= 11 is 1.10. The zero-order valence-corrected chi connectivity index (χ0v) is 18.7. The minimum absolute atomic E-state index is 0.0189. The molecule has 10 heteroatoms. The standard InChI is InChI=1S/C23H20N4O5S/c1-3-32-23(30)18-16(14-6-10-26-11-7-14)17(22(29)31-2)19(24)27-20(28)15(33-21(18)27)12-13-4-8-25-9-5-13/h4-12,16H,3,24H2,1-2H3. The zero-order valence-electron chi connectivity index (χ0n) is 17.8. The van der Waals surface area contributed by atoms with Crippen LogP contribution in [0.3, 0.4) is 0 Å². The molecule has 2 N–H and O–H groups in total. The Morgan fingerprint density at radius 3 is 2.33 bits per heavy atom. The molecular formula is C23H20N4O5S. The molecule has 0 amide bonds. The van der Waals surface area contributed by atoms with Crippen molar-refractivity contribution in [1.29, 1.82) is 0 Å². The Hall–Kier alpha value is -4.05. The molecule has 1 unspecified atom stereocenters. The number of ether oxygens (including phenoxy) is 2. The van der Waals surface area contributed by atoms with E-state index in [2.05, 4.69) is 9.97 Å². The second kappa shape index (κ2) is 9.21. The number of hydrogen-bond acceptors (Lipinski definition) is 9. The Bertz CT molecular complexity index is 1420. The second-order valence-electron chi connectivity index (χ2n) is 6.98. The lowest BCUT2D eigenvalue weighted by molar-refractivity contribution is -0.136. The first-order valence-corrected chi connectivity index (χ1v) is 10.8. The molecule has 0 radical (unpaired) electrons. The van der Waals surface area contributed by atoms with Crippen molar-refractivity contribution >= 4 is 40.7 Å². The summed E-state index contributed by atoms with van der Waals surface area (Å²) in [5.41, 5.74) is 7.38. The van der Waals surface area contributed by atoms with Gasteiger partial charge in [-0.05, 0) is 48.4 Å². The van der Waals surface area contributed by atoms with Gasteiger partial charge in [0.2, 0.25) is 0 Å². The summed E-state index contributed by atoms with van der Waals surface area (Å²) < 4.78 is 12.1. The fourth-order valence-corrected chi connectivity index (χ4v) is 4.83. The van der Waals surface area contributed by atoms with Gasteiger partial charge in [0.15, 0.2) is 0 Å². The fourth-order valence-electron chi connectivity index (χ4n) is 3.66. The quantitative estimate of drug-likeness (QED) is 0.536. The third-order valence-electron chi connectivity index (χ3n) is 5.09. The van der Waals surface area contributed by atoms with Crippen LogP contribution in [0.4, 0.5) is 0 Å². The first-order chi connectivity index (χ1) is 16.0. The van der Waals surface area contributed by atoms with E-state index < -0.39 is 23.4 Å². The highest BCUT2D eigenvalue weighted by molar-refractivity contribution is 7.07. The molecule has 9 nitrogen and oxygen atoms in total. The van der Waals surface area contributed by atoms with Crippen molar-refractivity contribution in [1.82, 2.24) is 14.5 Å². The Kier molecular flexibility index (Phi) is 6.18. The molecule has 1 aliphatic heterocycles. The third-order valence-corrected chi connectivity index (χ3v) is 6.20. The number of hydrogen-bond donors (Lipinski definition) is 1. The molecule has 3 aromatic heterocycles. The van der Waals surface area contributed by atoms with Crippen LogP contribution in [0.1, 0.15) is 24.0 Å². The van der Waals surface area contributed by atoms with Gasteiger partial charge in [-0.15, -0.1) is 11.3 Å². The lowest BCUT2D eigenvalue weighted by Crippen LogP contribution is -2.41. The predicted octanol–water partition coefficient (Wildman–Crippen LogP) is 0.340. The van der Waals surface area contributed by atoms with E-state index in [4.69, 9.17) is 15.2 Å². The smallest absolute Gasteiger partial charge is 0.338 e. The number of carbonyl (C=O) groups excluding carboxylic acids is 2. The fraction of sp³-hybridized carbons (Fsp3) is 0.174. The van der Waals surface area contributed by atoms with Crippen molar-refractivity contribution in [2.45, 2.75) is 12.8 Å². The van der Waals surface area contributed by atoms with Crippen LogP contribution in [0.5, 0.6) is 0 Å². The summed E-state index contributed by atoms with van der Waals surface area (Å²) in [5, 5.41) is 0. The second-order valence-corrected chi connectivity index (χ2v) is 8.01. The van der Waals surface area contributed by atoms with Crippen molar-refractivity contribution in [3.8, 4) is 0 Å². The number of nitrogens with zero attached hydrogens (tertiary/aromatic N) is 3. The van der Waals surface area contributed by atoms with E-state index in [0.717, 1.165) is 16.9 Å². The summed E-state index contributed by atoms with van der Waals surface area (Å²) in [6.45, 7) is 1.79. The molecule has 0 aromatic carbocycles. The topological polar surface area (TPSA) is 126 Å². The number of esters is 2. The van der Waals surface area contributed by atoms with Crippen molar-refractivity contribution in [2.24, 2.45) is 5.73 Å². The van der Waals surface area contributed by atoms with Crippen LogP contribution in [0.25, 0.3) is 17.5 Å². The molecule has 4 rings (SSSR count). The number of thiazole rings is 1. The Morgan fingerprint density at radius 2 is 1.73 bits per heavy atom. The number of carbonyl (C=O) groups is 2. The van der Waals surface area contributed by atoms with E-state index in [1.807, 2.05) is 0 Å². The summed E-state index contributed by atoms with van der Waals surface area (Å²) in [4.78, 5) is 47.3. The van der Waals surface area contributed by atoms with Crippen molar-refractivity contribution in [3.63, 3.8) is 0 Å². The van der Waals surface area contributed by atoms with Crippen LogP contribution in [0, 0.1) is 0 Å². The van der Waals surface area contributed by atoms with Gasteiger partial charge in [-0.3, -0.25) is 19.3 Å². The van der Waals surface area contributed by atoms with Gasteiger partial charge in [0.25, 0.3) is 5.56 Å². The maximum absolute atomic E-state index is 13.3. The Labute approximate surface area is 192 Å². The van der Waals surface area contributed by atoms with E-state index in [-0.39, 0.29) is 23.6 Å². The average Bonchev–Trinajstić information content (AvgIpc) is 3.15. The lowest BCUT2D eigenvalue weighted by atomic mass is 9.83. The Balaban J connectivity index is 2.13. The van der Waals surface area contributed by atoms with Gasteiger partial charge in [-0.25, -0.2) is 9.59 Å². The third kappa shape index (κ3) is 3.96. The molecule has 0 aliphatic carbocycles. The molecule has 0 spiro atoms. The molecule has 0 bridgehead atoms. The normalized spacial score (nSPS) is 15.9. The highest BCUT2D eigenvalue weighted by atomic mass is 32.1. The van der Waals surface area contributed by atoms with Crippen LogP contribution in [-0.4, -0.2) is 40.2 Å². The van der Waals surface area contributed by atoms with Gasteiger partial charge in [-0.1, -0.05) is 0 Å². The number of aromatic nitrogens is 3. The molecule has 0 saturated heterocycles. The number of pyridine rings is 2. The molecular weight excluding hydrogens is 444 g/mol. The number of methoxy groups -OCH3 is 1. The van der Waals surface area contributed by atoms with E-state index in [0.29, 0.717) is 14.8 Å². The summed E-state index contributed by atoms with van der Waals surface area (Å²) in [5.74, 6) is -2.40. The number of nitrogens with two attached hydrogens (primary N) is 1. The van der Waals surface area contributed by atoms with E-state index in [1.165, 1.54) is 11.7 Å². The van der Waals surface area contributed by atoms with E-state index in [9.17, 15) is 14.4 Å². The summed E-state index contributed by atoms with van der Waals surface area (Å²) in [6, 6.07) is 6.84. The van der Waals surface area contributed by atoms with Crippen molar-refractivity contribution < 1.29 is 19.1 Å². The highest BCUT2D eigenvalue weighted by Gasteiger charge is 2.39. The molecule has 1 atom stereocenters. The first kappa shape index (κ1) is 22.2. The van der Waals surface area contributed by atoms with Crippen LogP contribution >= 0.6 is 11.3 Å². The molecule has 168 valence electrons. The SMILES string of the molecule is CCOC(=O)C1=c2sc(=Cc3ccncc3)c(=O)n2C(N)=C(C(=O)OC)C1c1ccncc1. The monoisotopic (exact) mass is 464 g/mol. The van der Waals surface area contributed by atoms with Crippen molar-refractivity contribution in [2.75, 3.05) is 13.7 Å². The van der Waals surface area contributed by atoms with Gasteiger partial charge < -0.3 is 15.2 Å². The minimum atomic E-state index is -0.897. The molecule has 1 aliphatic rings. The van der Waals surface area contributed by atoms with Gasteiger partial charge >= 0.3 is 11.9 Å². The van der Waals surface area contributed by atoms with E-state index in [1.54, 1.807) is 62.1 Å². The summed E-state index contributed by atoms with van der Waals surface area (Å²) in [6.07, 6.45) is 7.98. The molecule has 4 heterocycles. The van der Waals surface area contributed by atoms with Gasteiger partial charge in [-0.2, -0.15) is 0 Å². The Morgan fingerprint density at radius 1 is 1.09 bits per heavy atom. The maximum atomic E-state index is 13.3. The molecule has 33 heavy (non-hydrogen) atoms. The zero-order chi connectivity index (χ0) is 23.5. The minimum Gasteiger partial charge on any atom is -0.466 e. The van der Waals surface area contributed by atoms with Crippen LogP contribution in [0.15, 0.2) is 59.4 Å².